The van der Waals surface area contributed by atoms with Crippen LogP contribution < -0.4 is 10.9 Å². The number of fused-ring (bicyclic) bond motifs is 1. The molecule has 0 radical (unpaired) electrons. The number of pyridine rings is 1. The molecule has 1 aliphatic heterocycles. The van der Waals surface area contributed by atoms with E-state index in [2.05, 4.69) is 5.32 Å². The Morgan fingerprint density at radius 3 is 2.44 bits per heavy atom. The van der Waals surface area contributed by atoms with Crippen molar-refractivity contribution in [1.29, 1.82) is 0 Å². The lowest BCUT2D eigenvalue weighted by molar-refractivity contribution is -0.132. The normalized spacial score (nSPS) is 17.5. The first-order chi connectivity index (χ1) is 12.7. The van der Waals surface area contributed by atoms with Gasteiger partial charge in [-0.15, -0.1) is 0 Å². The van der Waals surface area contributed by atoms with Gasteiger partial charge in [0.2, 0.25) is 5.91 Å². The van der Waals surface area contributed by atoms with Gasteiger partial charge in [-0.2, -0.15) is 0 Å². The Balaban J connectivity index is 1.77. The number of benzene rings is 1. The van der Waals surface area contributed by atoms with Gasteiger partial charge in [0.05, 0.1) is 11.5 Å². The largest absolute Gasteiger partial charge is 0.339 e. The molecule has 0 aliphatic carbocycles. The van der Waals surface area contributed by atoms with Crippen LogP contribution in [0.4, 0.5) is 0 Å². The van der Waals surface area contributed by atoms with Gasteiger partial charge in [0.1, 0.15) is 11.7 Å². The van der Waals surface area contributed by atoms with Crippen molar-refractivity contribution >= 4 is 32.4 Å². The van der Waals surface area contributed by atoms with Crippen LogP contribution >= 0.6 is 0 Å². The van der Waals surface area contributed by atoms with E-state index in [0.717, 1.165) is 0 Å². The lowest BCUT2D eigenvalue weighted by Gasteiger charge is -2.29. The molecule has 1 saturated heterocycles. The van der Waals surface area contributed by atoms with E-state index in [9.17, 15) is 22.8 Å². The van der Waals surface area contributed by atoms with Gasteiger partial charge in [-0.25, -0.2) is 8.42 Å². The van der Waals surface area contributed by atoms with Crippen molar-refractivity contribution in [2.45, 2.75) is 13.0 Å². The van der Waals surface area contributed by atoms with Crippen LogP contribution in [0, 0.1) is 0 Å². The summed E-state index contributed by atoms with van der Waals surface area (Å²) in [5, 5.41) is 3.76. The zero-order valence-electron chi connectivity index (χ0n) is 15.1. The third kappa shape index (κ3) is 3.87. The maximum absolute atomic E-state index is 12.6. The summed E-state index contributed by atoms with van der Waals surface area (Å²) in [6, 6.07) is 7.74. The minimum absolute atomic E-state index is 0.0709. The highest BCUT2D eigenvalue weighted by atomic mass is 32.2. The fourth-order valence-electron chi connectivity index (χ4n) is 3.11. The molecule has 3 rings (SSSR count). The fourth-order valence-corrected chi connectivity index (χ4v) is 4.31. The Kier molecular flexibility index (Phi) is 5.05. The minimum atomic E-state index is -3.09. The second kappa shape index (κ2) is 7.15. The van der Waals surface area contributed by atoms with Crippen molar-refractivity contribution < 1.29 is 18.0 Å². The van der Waals surface area contributed by atoms with Crippen LogP contribution in [0.1, 0.15) is 17.4 Å². The summed E-state index contributed by atoms with van der Waals surface area (Å²) in [4.78, 5) is 39.0. The molecule has 0 bridgehead atoms. The molecule has 2 amide bonds. The number of carbonyl (C=O) groups is 2. The summed E-state index contributed by atoms with van der Waals surface area (Å²) in [5.41, 5.74) is -0.141. The average molecular weight is 391 g/mol. The maximum atomic E-state index is 12.6. The van der Waals surface area contributed by atoms with Gasteiger partial charge in [0.25, 0.3) is 11.5 Å². The predicted molar refractivity (Wildman–Crippen MR) is 101 cm³/mol. The van der Waals surface area contributed by atoms with Gasteiger partial charge in [-0.05, 0) is 24.4 Å². The molecule has 0 spiro atoms. The maximum Gasteiger partial charge on any atom is 0.268 e. The molecule has 144 valence electrons. The van der Waals surface area contributed by atoms with Crippen molar-refractivity contribution in [3.8, 4) is 0 Å². The highest BCUT2D eigenvalue weighted by molar-refractivity contribution is 7.91. The van der Waals surface area contributed by atoms with Gasteiger partial charge >= 0.3 is 0 Å². The molecule has 1 atom stereocenters. The molecule has 1 aromatic heterocycles. The number of amides is 2. The van der Waals surface area contributed by atoms with E-state index < -0.39 is 21.8 Å². The molecule has 8 nitrogen and oxygen atoms in total. The number of nitrogens with one attached hydrogen (secondary N) is 1. The van der Waals surface area contributed by atoms with Gasteiger partial charge in [-0.1, -0.05) is 18.2 Å². The molecule has 27 heavy (non-hydrogen) atoms. The van der Waals surface area contributed by atoms with Gasteiger partial charge in [0.15, 0.2) is 9.84 Å². The van der Waals surface area contributed by atoms with Gasteiger partial charge in [0, 0.05) is 25.5 Å². The highest BCUT2D eigenvalue weighted by Crippen LogP contribution is 2.12. The molecule has 2 aromatic rings. The first-order valence-corrected chi connectivity index (χ1v) is 10.4. The van der Waals surface area contributed by atoms with Crippen molar-refractivity contribution in [3.63, 3.8) is 0 Å². The standard InChI is InChI=1S/C18H21N3O5S/c1-12(17(23)21-7-9-27(25,26)10-8-21)19-16(22)15-11-13-5-3-4-6-14(13)18(24)20(15)2/h3-6,11-12H,7-10H2,1-2H3,(H,19,22). The van der Waals surface area contributed by atoms with Crippen LogP contribution in [0.2, 0.25) is 0 Å². The highest BCUT2D eigenvalue weighted by Gasteiger charge is 2.29. The predicted octanol–water partition coefficient (Wildman–Crippen LogP) is -0.0862. The summed E-state index contributed by atoms with van der Waals surface area (Å²) in [6.07, 6.45) is 0. The van der Waals surface area contributed by atoms with Crippen molar-refractivity contribution in [3.05, 3.63) is 46.4 Å². The van der Waals surface area contributed by atoms with E-state index in [1.54, 1.807) is 37.3 Å². The number of rotatable bonds is 3. The Morgan fingerprint density at radius 2 is 1.78 bits per heavy atom. The zero-order chi connectivity index (χ0) is 19.8. The van der Waals surface area contributed by atoms with Gasteiger partial charge < -0.3 is 14.8 Å². The smallest absolute Gasteiger partial charge is 0.268 e. The van der Waals surface area contributed by atoms with Crippen LogP contribution in [0.25, 0.3) is 10.8 Å². The third-order valence-corrected chi connectivity index (χ3v) is 6.37. The molecule has 9 heteroatoms. The summed E-state index contributed by atoms with van der Waals surface area (Å²) < 4.78 is 24.2. The SMILES string of the molecule is CC(NC(=O)c1cc2ccccc2c(=O)n1C)C(=O)N1CCS(=O)(=O)CC1. The molecule has 1 N–H and O–H groups in total. The third-order valence-electron chi connectivity index (χ3n) is 4.76. The molecule has 0 saturated carbocycles. The van der Waals surface area contributed by atoms with E-state index in [-0.39, 0.29) is 41.8 Å². The molecular weight excluding hydrogens is 370 g/mol. The van der Waals surface area contributed by atoms with E-state index in [0.29, 0.717) is 10.8 Å². The minimum Gasteiger partial charge on any atom is -0.339 e. The van der Waals surface area contributed by atoms with E-state index in [1.165, 1.54) is 16.5 Å². The Labute approximate surface area is 156 Å². The Hall–Kier alpha value is -2.68. The first kappa shape index (κ1) is 19.1. The fraction of sp³-hybridized carbons (Fsp3) is 0.389. The molecule has 1 aromatic carbocycles. The summed E-state index contributed by atoms with van der Waals surface area (Å²) in [5.74, 6) is -1.02. The summed E-state index contributed by atoms with van der Waals surface area (Å²) >= 11 is 0. The van der Waals surface area contributed by atoms with Crippen LogP contribution in [0.3, 0.4) is 0 Å². The molecule has 1 aliphatic rings. The molecule has 1 fully saturated rings. The second-order valence-corrected chi connectivity index (χ2v) is 8.96. The Morgan fingerprint density at radius 1 is 1.15 bits per heavy atom. The zero-order valence-corrected chi connectivity index (χ0v) is 16.0. The monoisotopic (exact) mass is 391 g/mol. The lowest BCUT2D eigenvalue weighted by atomic mass is 10.1. The summed E-state index contributed by atoms with van der Waals surface area (Å²) in [7, 11) is -1.59. The number of sulfone groups is 1. The number of hydrogen-bond donors (Lipinski definition) is 1. The van der Waals surface area contributed by atoms with E-state index in [4.69, 9.17) is 0 Å². The van der Waals surface area contributed by atoms with Crippen LogP contribution in [-0.2, 0) is 21.7 Å². The Bertz CT molecular complexity index is 1060. The second-order valence-electron chi connectivity index (χ2n) is 6.65. The average Bonchev–Trinajstić information content (AvgIpc) is 2.64. The van der Waals surface area contributed by atoms with Crippen molar-refractivity contribution in [2.75, 3.05) is 24.6 Å². The van der Waals surface area contributed by atoms with Crippen molar-refractivity contribution in [1.82, 2.24) is 14.8 Å². The number of nitrogens with zero attached hydrogens (tertiary/aromatic N) is 2. The summed E-state index contributed by atoms with van der Waals surface area (Å²) in [6.45, 7) is 1.79. The molecular formula is C18H21N3O5S. The quantitative estimate of drug-likeness (QED) is 0.787. The van der Waals surface area contributed by atoms with Gasteiger partial charge in [-0.3, -0.25) is 14.4 Å². The lowest BCUT2D eigenvalue weighted by Crippen LogP contribution is -2.52. The first-order valence-electron chi connectivity index (χ1n) is 8.58. The number of hydrogen-bond acceptors (Lipinski definition) is 5. The van der Waals surface area contributed by atoms with E-state index >= 15 is 0 Å². The van der Waals surface area contributed by atoms with E-state index in [1.807, 2.05) is 0 Å². The topological polar surface area (TPSA) is 106 Å². The number of aromatic nitrogens is 1. The van der Waals surface area contributed by atoms with Crippen LogP contribution in [0.15, 0.2) is 35.1 Å². The molecule has 2 heterocycles. The number of carbonyl (C=O) groups excluding carboxylic acids is 2. The molecule has 1 unspecified atom stereocenters. The van der Waals surface area contributed by atoms with Crippen molar-refractivity contribution in [2.24, 2.45) is 7.05 Å². The van der Waals surface area contributed by atoms with Crippen LogP contribution in [-0.4, -0.2) is 60.3 Å². The van der Waals surface area contributed by atoms with Crippen LogP contribution in [0.5, 0.6) is 0 Å².